The average molecular weight is 377 g/mol. The lowest BCUT2D eigenvalue weighted by molar-refractivity contribution is 0.135. The first-order chi connectivity index (χ1) is 12.7. The van der Waals surface area contributed by atoms with Gasteiger partial charge in [-0.05, 0) is 75.2 Å². The highest BCUT2D eigenvalue weighted by Gasteiger charge is 2.23. The smallest absolute Gasteiger partial charge is 0.290 e. The van der Waals surface area contributed by atoms with Gasteiger partial charge in [0.1, 0.15) is 0 Å². The molecule has 0 amide bonds. The number of aromatic nitrogens is 1. The molecule has 2 fully saturated rings. The molecule has 1 aromatic carbocycles. The zero-order chi connectivity index (χ0) is 17.9. The van der Waals surface area contributed by atoms with E-state index in [-0.39, 0.29) is 5.56 Å². The van der Waals surface area contributed by atoms with Gasteiger partial charge in [-0.1, -0.05) is 30.9 Å². The molecular weight excluding hydrogens is 348 g/mol. The monoisotopic (exact) mass is 376 g/mol. The SMILES string of the molecule is O=c1c2cc(Cl)ccc2on1CCC1CCN(CC2CCCCC2)CC1. The first kappa shape index (κ1) is 18.1. The van der Waals surface area contributed by atoms with Gasteiger partial charge in [0.2, 0.25) is 0 Å². The van der Waals surface area contributed by atoms with Crippen LogP contribution < -0.4 is 5.56 Å². The summed E-state index contributed by atoms with van der Waals surface area (Å²) in [6.07, 6.45) is 10.7. The summed E-state index contributed by atoms with van der Waals surface area (Å²) >= 11 is 5.99. The van der Waals surface area contributed by atoms with E-state index < -0.39 is 0 Å². The second-order valence-electron chi connectivity index (χ2n) is 8.18. The molecule has 2 aliphatic rings. The highest BCUT2D eigenvalue weighted by Crippen LogP contribution is 2.27. The number of piperidine rings is 1. The third-order valence-electron chi connectivity index (χ3n) is 6.30. The van der Waals surface area contributed by atoms with Crippen molar-refractivity contribution in [3.8, 4) is 0 Å². The lowest BCUT2D eigenvalue weighted by atomic mass is 9.87. The minimum Gasteiger partial charge on any atom is -0.376 e. The number of likely N-dealkylation sites (tertiary alicyclic amines) is 1. The molecule has 4 rings (SSSR count). The van der Waals surface area contributed by atoms with E-state index in [0.29, 0.717) is 28.5 Å². The molecule has 1 aliphatic heterocycles. The predicted octanol–water partition coefficient (Wildman–Crippen LogP) is 4.93. The normalized spacial score (nSPS) is 20.8. The van der Waals surface area contributed by atoms with Crippen LogP contribution in [0.15, 0.2) is 27.5 Å². The van der Waals surface area contributed by atoms with E-state index in [0.717, 1.165) is 12.3 Å². The standard InChI is InChI=1S/C21H29ClN2O2/c22-18-6-7-20-19(14-18)21(25)24(26-20)13-10-16-8-11-23(12-9-16)15-17-4-2-1-3-5-17/h6-7,14,16-17H,1-5,8-13,15H2. The molecule has 2 heterocycles. The Bertz CT molecular complexity index is 783. The Morgan fingerprint density at radius 3 is 2.58 bits per heavy atom. The Balaban J connectivity index is 1.27. The van der Waals surface area contributed by atoms with Gasteiger partial charge >= 0.3 is 0 Å². The molecule has 0 spiro atoms. The maximum Gasteiger partial charge on any atom is 0.290 e. The van der Waals surface area contributed by atoms with Gasteiger partial charge in [-0.3, -0.25) is 4.79 Å². The summed E-state index contributed by atoms with van der Waals surface area (Å²) < 4.78 is 7.21. The molecule has 1 saturated carbocycles. The number of benzene rings is 1. The van der Waals surface area contributed by atoms with Crippen LogP contribution in [0.5, 0.6) is 0 Å². The number of fused-ring (bicyclic) bond motifs is 1. The summed E-state index contributed by atoms with van der Waals surface area (Å²) in [5.41, 5.74) is 0.568. The van der Waals surface area contributed by atoms with Gasteiger partial charge in [0, 0.05) is 11.6 Å². The fraction of sp³-hybridized carbons (Fsp3) is 0.667. The van der Waals surface area contributed by atoms with Gasteiger partial charge in [0.25, 0.3) is 5.56 Å². The molecule has 0 radical (unpaired) electrons. The Hall–Kier alpha value is -1.26. The van der Waals surface area contributed by atoms with E-state index in [1.54, 1.807) is 18.2 Å². The van der Waals surface area contributed by atoms with Gasteiger partial charge < -0.3 is 9.42 Å². The molecule has 0 unspecified atom stereocenters. The highest BCUT2D eigenvalue weighted by molar-refractivity contribution is 6.31. The van der Waals surface area contributed by atoms with Crippen LogP contribution in [0.4, 0.5) is 0 Å². The van der Waals surface area contributed by atoms with E-state index in [1.165, 1.54) is 69.3 Å². The number of hydrogen-bond acceptors (Lipinski definition) is 3. The number of aryl methyl sites for hydroxylation is 1. The lowest BCUT2D eigenvalue weighted by Crippen LogP contribution is -2.37. The molecule has 0 N–H and O–H groups in total. The third kappa shape index (κ3) is 4.17. The van der Waals surface area contributed by atoms with Crippen molar-refractivity contribution >= 4 is 22.6 Å². The van der Waals surface area contributed by atoms with Gasteiger partial charge in [-0.15, -0.1) is 0 Å². The summed E-state index contributed by atoms with van der Waals surface area (Å²) in [4.78, 5) is 15.1. The molecule has 1 saturated heterocycles. The largest absolute Gasteiger partial charge is 0.376 e. The zero-order valence-electron chi connectivity index (χ0n) is 15.5. The Morgan fingerprint density at radius 1 is 1.04 bits per heavy atom. The van der Waals surface area contributed by atoms with Gasteiger partial charge in [0.15, 0.2) is 5.58 Å². The molecular formula is C21H29ClN2O2. The fourth-order valence-electron chi connectivity index (χ4n) is 4.68. The van der Waals surface area contributed by atoms with E-state index in [4.69, 9.17) is 16.1 Å². The first-order valence-electron chi connectivity index (χ1n) is 10.2. The van der Waals surface area contributed by atoms with Crippen LogP contribution in [0.3, 0.4) is 0 Å². The molecule has 142 valence electrons. The maximum absolute atomic E-state index is 12.4. The van der Waals surface area contributed by atoms with Crippen molar-refractivity contribution in [2.75, 3.05) is 19.6 Å². The van der Waals surface area contributed by atoms with Crippen LogP contribution in [-0.2, 0) is 6.54 Å². The van der Waals surface area contributed by atoms with Crippen LogP contribution in [0.1, 0.15) is 51.4 Å². The number of halogens is 1. The summed E-state index contributed by atoms with van der Waals surface area (Å²) in [6, 6.07) is 5.24. The van der Waals surface area contributed by atoms with Gasteiger partial charge in [-0.2, -0.15) is 4.74 Å². The summed E-state index contributed by atoms with van der Waals surface area (Å²) in [6.45, 7) is 4.40. The highest BCUT2D eigenvalue weighted by atomic mass is 35.5. The molecule has 4 nitrogen and oxygen atoms in total. The van der Waals surface area contributed by atoms with Crippen molar-refractivity contribution < 1.29 is 4.52 Å². The van der Waals surface area contributed by atoms with Crippen molar-refractivity contribution in [2.24, 2.45) is 11.8 Å². The number of hydrogen-bond donors (Lipinski definition) is 0. The fourth-order valence-corrected chi connectivity index (χ4v) is 4.86. The zero-order valence-corrected chi connectivity index (χ0v) is 16.2. The van der Waals surface area contributed by atoms with Gasteiger partial charge in [-0.25, -0.2) is 0 Å². The molecule has 1 aromatic heterocycles. The number of rotatable bonds is 5. The molecule has 1 aliphatic carbocycles. The Kier molecular flexibility index (Phi) is 5.70. The number of nitrogens with zero attached hydrogens (tertiary/aromatic N) is 2. The van der Waals surface area contributed by atoms with Crippen LogP contribution in [0.2, 0.25) is 5.02 Å². The van der Waals surface area contributed by atoms with E-state index in [1.807, 2.05) is 0 Å². The predicted molar refractivity (Wildman–Crippen MR) is 106 cm³/mol. The van der Waals surface area contributed by atoms with Gasteiger partial charge in [0.05, 0.1) is 11.9 Å². The molecule has 26 heavy (non-hydrogen) atoms. The van der Waals surface area contributed by atoms with Crippen molar-refractivity contribution in [1.82, 2.24) is 9.64 Å². The maximum atomic E-state index is 12.4. The van der Waals surface area contributed by atoms with Crippen LogP contribution in [-0.4, -0.2) is 29.3 Å². The van der Waals surface area contributed by atoms with Crippen LogP contribution >= 0.6 is 11.6 Å². The van der Waals surface area contributed by atoms with Crippen LogP contribution in [0, 0.1) is 11.8 Å². The van der Waals surface area contributed by atoms with E-state index in [2.05, 4.69) is 4.90 Å². The van der Waals surface area contributed by atoms with Crippen molar-refractivity contribution in [3.05, 3.63) is 33.6 Å². The Labute approximate surface area is 160 Å². The second-order valence-corrected chi connectivity index (χ2v) is 8.61. The lowest BCUT2D eigenvalue weighted by Gasteiger charge is -2.35. The van der Waals surface area contributed by atoms with E-state index in [9.17, 15) is 4.79 Å². The van der Waals surface area contributed by atoms with Crippen molar-refractivity contribution in [3.63, 3.8) is 0 Å². The average Bonchev–Trinajstić information content (AvgIpc) is 2.98. The second kappa shape index (κ2) is 8.18. The molecule has 0 atom stereocenters. The first-order valence-corrected chi connectivity index (χ1v) is 10.6. The molecule has 5 heteroatoms. The minimum atomic E-state index is -0.0581. The minimum absolute atomic E-state index is 0.0581. The molecule has 2 aromatic rings. The van der Waals surface area contributed by atoms with Crippen molar-refractivity contribution in [2.45, 2.75) is 57.9 Å². The topological polar surface area (TPSA) is 38.4 Å². The van der Waals surface area contributed by atoms with E-state index >= 15 is 0 Å². The summed E-state index contributed by atoms with van der Waals surface area (Å²) in [5.74, 6) is 1.63. The Morgan fingerprint density at radius 2 is 1.81 bits per heavy atom. The summed E-state index contributed by atoms with van der Waals surface area (Å²) in [5, 5.41) is 1.16. The third-order valence-corrected chi connectivity index (χ3v) is 6.53. The quantitative estimate of drug-likeness (QED) is 0.742. The summed E-state index contributed by atoms with van der Waals surface area (Å²) in [7, 11) is 0. The van der Waals surface area contributed by atoms with Crippen molar-refractivity contribution in [1.29, 1.82) is 0 Å². The molecule has 0 bridgehead atoms. The van der Waals surface area contributed by atoms with Crippen LogP contribution in [0.25, 0.3) is 11.0 Å².